The molecule has 0 atom stereocenters. The molecule has 1 aliphatic carbocycles. The van der Waals surface area contributed by atoms with E-state index in [2.05, 4.69) is 20.6 Å². The molecule has 10 heteroatoms. The Morgan fingerprint density at radius 1 is 1.10 bits per heavy atom. The van der Waals surface area contributed by atoms with Crippen molar-refractivity contribution in [2.45, 2.75) is 32.4 Å². The number of hydrogen-bond donors (Lipinski definition) is 2. The molecule has 2 N–H and O–H groups in total. The summed E-state index contributed by atoms with van der Waals surface area (Å²) < 4.78 is 7.44. The molecule has 3 aliphatic rings. The fraction of sp³-hybridized carbons (Fsp3) is 0.433. The highest BCUT2D eigenvalue weighted by Crippen LogP contribution is 2.37. The minimum absolute atomic E-state index is 0.0524. The summed E-state index contributed by atoms with van der Waals surface area (Å²) in [7, 11) is 3.44. The number of carbonyl (C=O) groups is 2. The lowest BCUT2D eigenvalue weighted by Crippen LogP contribution is -2.52. The number of hydrogen-bond acceptors (Lipinski definition) is 6. The average molecular weight is 544 g/mol. The molecule has 3 aromatic rings. The molecule has 210 valence electrons. The van der Waals surface area contributed by atoms with Crippen LogP contribution < -0.4 is 20.3 Å². The van der Waals surface area contributed by atoms with E-state index in [1.807, 2.05) is 48.3 Å². The number of nitrogens with zero attached hydrogens (tertiary/aromatic N) is 5. The first-order valence-corrected chi connectivity index (χ1v) is 14.1. The van der Waals surface area contributed by atoms with Crippen molar-refractivity contribution in [1.82, 2.24) is 24.9 Å². The van der Waals surface area contributed by atoms with Crippen molar-refractivity contribution in [2.75, 3.05) is 50.1 Å². The maximum Gasteiger partial charge on any atom is 0.317 e. The molecule has 0 bridgehead atoms. The number of nitrogens with one attached hydrogen (secondary N) is 2. The number of methoxy groups -OCH3 is 1. The van der Waals surface area contributed by atoms with Crippen molar-refractivity contribution < 1.29 is 14.3 Å². The molecule has 1 saturated heterocycles. The van der Waals surface area contributed by atoms with Gasteiger partial charge in [0.05, 0.1) is 36.8 Å². The largest absolute Gasteiger partial charge is 0.496 e. The Hall–Kier alpha value is -4.05. The molecule has 6 rings (SSSR count). The molecule has 1 aromatic heterocycles. The fourth-order valence-corrected chi connectivity index (χ4v) is 5.77. The summed E-state index contributed by atoms with van der Waals surface area (Å²) in [6, 6.07) is 13.2. The van der Waals surface area contributed by atoms with Gasteiger partial charge in [-0.3, -0.25) is 14.4 Å². The highest BCUT2D eigenvalue weighted by atomic mass is 16.5. The Bertz CT molecular complexity index is 1390. The molecule has 2 aromatic carbocycles. The molecule has 0 unspecified atom stereocenters. The van der Waals surface area contributed by atoms with Gasteiger partial charge in [0, 0.05) is 51.9 Å². The van der Waals surface area contributed by atoms with Gasteiger partial charge in [0.15, 0.2) is 0 Å². The summed E-state index contributed by atoms with van der Waals surface area (Å²) in [6.07, 6.45) is 5.85. The van der Waals surface area contributed by atoms with Crippen LogP contribution in [0.3, 0.4) is 0 Å². The molecule has 0 spiro atoms. The van der Waals surface area contributed by atoms with Gasteiger partial charge in [-0.2, -0.15) is 5.10 Å². The maximum atomic E-state index is 13.9. The molecule has 2 aliphatic heterocycles. The predicted molar refractivity (Wildman–Crippen MR) is 154 cm³/mol. The van der Waals surface area contributed by atoms with Crippen molar-refractivity contribution in [3.8, 4) is 5.75 Å². The predicted octanol–water partition coefficient (Wildman–Crippen LogP) is 3.96. The average Bonchev–Trinajstić information content (AvgIpc) is 3.20. The summed E-state index contributed by atoms with van der Waals surface area (Å²) in [5.41, 5.74) is 3.88. The van der Waals surface area contributed by atoms with Crippen molar-refractivity contribution in [2.24, 2.45) is 13.0 Å². The van der Waals surface area contributed by atoms with Gasteiger partial charge in [0.25, 0.3) is 5.91 Å². The number of ether oxygens (including phenoxy) is 1. The number of aryl methyl sites for hydroxylation is 1. The van der Waals surface area contributed by atoms with Crippen LogP contribution in [0.2, 0.25) is 0 Å². The second-order valence-electron chi connectivity index (χ2n) is 11.0. The van der Waals surface area contributed by atoms with Crippen LogP contribution in [-0.4, -0.2) is 71.4 Å². The van der Waals surface area contributed by atoms with Crippen molar-refractivity contribution in [1.29, 1.82) is 0 Å². The topological polar surface area (TPSA) is 95.0 Å². The van der Waals surface area contributed by atoms with E-state index in [0.29, 0.717) is 24.4 Å². The number of urea groups is 1. The lowest BCUT2D eigenvalue weighted by molar-refractivity contribution is 0.0982. The monoisotopic (exact) mass is 543 g/mol. The van der Waals surface area contributed by atoms with E-state index in [4.69, 9.17) is 4.74 Å². The molecule has 0 radical (unpaired) electrons. The van der Waals surface area contributed by atoms with Crippen LogP contribution in [0.25, 0.3) is 0 Å². The summed E-state index contributed by atoms with van der Waals surface area (Å²) in [6.45, 7) is 5.28. The van der Waals surface area contributed by atoms with Gasteiger partial charge < -0.3 is 25.2 Å². The Balaban J connectivity index is 1.12. The van der Waals surface area contributed by atoms with Crippen LogP contribution in [0.5, 0.6) is 5.75 Å². The highest BCUT2D eigenvalue weighted by molar-refractivity contribution is 6.10. The molecule has 1 saturated carbocycles. The minimum atomic E-state index is -0.168. The number of rotatable bonds is 6. The van der Waals surface area contributed by atoms with E-state index in [1.54, 1.807) is 29.0 Å². The number of anilines is 3. The van der Waals surface area contributed by atoms with Gasteiger partial charge in [-0.15, -0.1) is 0 Å². The lowest BCUT2D eigenvalue weighted by atomic mass is 9.85. The Morgan fingerprint density at radius 2 is 1.90 bits per heavy atom. The number of aromatic nitrogens is 2. The SMILES string of the molecule is COc1cc(CNC(=O)N2CCN(CC3CCC3)CC2)ccc1C(=O)N1Cc2cnn(C)c2Nc2ccccc21. The third kappa shape index (κ3) is 5.23. The van der Waals surface area contributed by atoms with E-state index in [0.717, 1.165) is 60.4 Å². The maximum absolute atomic E-state index is 13.9. The number of piperazine rings is 1. The molecule has 3 heterocycles. The number of amides is 3. The van der Waals surface area contributed by atoms with Gasteiger partial charge in [0.1, 0.15) is 11.6 Å². The standard InChI is InChI=1S/C30H37N7O3/c1-34-28-23(18-32-34)20-37(26-9-4-3-8-25(26)33-28)29(38)24-11-10-22(16-27(24)40-2)17-31-30(39)36-14-12-35(13-15-36)19-21-6-5-7-21/h3-4,8-11,16,18,21,33H,5-7,12-15,17,19-20H2,1-2H3,(H,31,39). The van der Waals surface area contributed by atoms with E-state index < -0.39 is 0 Å². The van der Waals surface area contributed by atoms with E-state index in [-0.39, 0.29) is 11.9 Å². The fourth-order valence-electron chi connectivity index (χ4n) is 5.77. The quantitative estimate of drug-likeness (QED) is 0.489. The first kappa shape index (κ1) is 26.2. The van der Waals surface area contributed by atoms with E-state index in [9.17, 15) is 9.59 Å². The van der Waals surface area contributed by atoms with Gasteiger partial charge in [-0.05, 0) is 48.6 Å². The van der Waals surface area contributed by atoms with Crippen molar-refractivity contribution in [3.63, 3.8) is 0 Å². The molecule has 3 amide bonds. The summed E-state index contributed by atoms with van der Waals surface area (Å²) in [5, 5.41) is 10.8. The number of para-hydroxylation sites is 2. The Morgan fingerprint density at radius 3 is 2.65 bits per heavy atom. The van der Waals surface area contributed by atoms with Crippen molar-refractivity contribution >= 4 is 29.1 Å². The Kier molecular flexibility index (Phi) is 7.34. The molecular weight excluding hydrogens is 506 g/mol. The molecule has 40 heavy (non-hydrogen) atoms. The number of fused-ring (bicyclic) bond motifs is 2. The second-order valence-corrected chi connectivity index (χ2v) is 11.0. The van der Waals surface area contributed by atoms with Gasteiger partial charge >= 0.3 is 6.03 Å². The van der Waals surface area contributed by atoms with Crippen LogP contribution in [0.1, 0.15) is 40.7 Å². The Labute approximate surface area is 234 Å². The first-order valence-electron chi connectivity index (χ1n) is 14.1. The van der Waals surface area contributed by atoms with Crippen LogP contribution >= 0.6 is 0 Å². The highest BCUT2D eigenvalue weighted by Gasteiger charge is 2.29. The van der Waals surface area contributed by atoms with Crippen molar-refractivity contribution in [3.05, 3.63) is 65.4 Å². The zero-order valence-electron chi connectivity index (χ0n) is 23.2. The summed E-state index contributed by atoms with van der Waals surface area (Å²) in [5.74, 6) is 2.02. The molecule has 10 nitrogen and oxygen atoms in total. The zero-order chi connectivity index (χ0) is 27.6. The van der Waals surface area contributed by atoms with Gasteiger partial charge in [0.2, 0.25) is 0 Å². The third-order valence-corrected chi connectivity index (χ3v) is 8.38. The normalized spacial score (nSPS) is 17.2. The smallest absolute Gasteiger partial charge is 0.317 e. The summed E-state index contributed by atoms with van der Waals surface area (Å²) >= 11 is 0. The van der Waals surface area contributed by atoms with Crippen LogP contribution in [-0.2, 0) is 20.1 Å². The molecular formula is C30H37N7O3. The number of carbonyl (C=O) groups excluding carboxylic acids is 2. The van der Waals surface area contributed by atoms with Crippen LogP contribution in [0.4, 0.5) is 22.0 Å². The van der Waals surface area contributed by atoms with E-state index >= 15 is 0 Å². The first-order chi connectivity index (χ1) is 19.5. The lowest BCUT2D eigenvalue weighted by Gasteiger charge is -2.38. The minimum Gasteiger partial charge on any atom is -0.496 e. The molecule has 2 fully saturated rings. The van der Waals surface area contributed by atoms with Crippen LogP contribution in [0.15, 0.2) is 48.7 Å². The van der Waals surface area contributed by atoms with E-state index in [1.165, 1.54) is 25.8 Å². The third-order valence-electron chi connectivity index (χ3n) is 8.38. The summed E-state index contributed by atoms with van der Waals surface area (Å²) in [4.78, 5) is 32.9. The zero-order valence-corrected chi connectivity index (χ0v) is 23.2. The number of benzene rings is 2. The second kappa shape index (κ2) is 11.2. The van der Waals surface area contributed by atoms with Gasteiger partial charge in [-0.25, -0.2) is 4.79 Å². The van der Waals surface area contributed by atoms with Gasteiger partial charge in [-0.1, -0.05) is 24.6 Å². The van der Waals surface area contributed by atoms with Crippen LogP contribution in [0, 0.1) is 5.92 Å².